The van der Waals surface area contributed by atoms with Crippen LogP contribution in [0.5, 0.6) is 11.5 Å². The van der Waals surface area contributed by atoms with Crippen LogP contribution in [0.3, 0.4) is 0 Å². The molecule has 0 saturated heterocycles. The molecule has 1 aliphatic heterocycles. The molecule has 0 spiro atoms. The molecule has 1 N–H and O–H groups in total. The molecule has 1 heterocycles. The Kier molecular flexibility index (Phi) is 4.11. The van der Waals surface area contributed by atoms with Gasteiger partial charge in [0.05, 0.1) is 0 Å². The number of benzene rings is 2. The van der Waals surface area contributed by atoms with Gasteiger partial charge in [0.2, 0.25) is 0 Å². The lowest BCUT2D eigenvalue weighted by molar-refractivity contribution is 0.171. The monoisotopic (exact) mass is 283 g/mol. The van der Waals surface area contributed by atoms with Gasteiger partial charge in [-0.15, -0.1) is 0 Å². The van der Waals surface area contributed by atoms with E-state index in [1.165, 1.54) is 16.7 Å². The Morgan fingerprint density at radius 1 is 1.00 bits per heavy atom. The molecule has 1 unspecified atom stereocenters. The topological polar surface area (TPSA) is 30.5 Å². The Balaban J connectivity index is 1.81. The van der Waals surface area contributed by atoms with Gasteiger partial charge in [-0.1, -0.05) is 35.9 Å². The van der Waals surface area contributed by atoms with E-state index in [4.69, 9.17) is 9.47 Å². The first-order chi connectivity index (χ1) is 10.3. The quantitative estimate of drug-likeness (QED) is 0.934. The van der Waals surface area contributed by atoms with Crippen molar-refractivity contribution in [3.05, 3.63) is 59.2 Å². The van der Waals surface area contributed by atoms with Crippen molar-refractivity contribution in [3.8, 4) is 11.5 Å². The van der Waals surface area contributed by atoms with Gasteiger partial charge in [-0.05, 0) is 43.7 Å². The van der Waals surface area contributed by atoms with Crippen molar-refractivity contribution in [2.24, 2.45) is 0 Å². The highest BCUT2D eigenvalue weighted by Crippen LogP contribution is 2.33. The Morgan fingerprint density at radius 2 is 1.71 bits per heavy atom. The zero-order valence-corrected chi connectivity index (χ0v) is 12.6. The molecular weight excluding hydrogens is 262 g/mol. The van der Waals surface area contributed by atoms with Gasteiger partial charge in [-0.25, -0.2) is 0 Å². The number of hydrogen-bond donors (Lipinski definition) is 1. The molecule has 0 amide bonds. The zero-order valence-electron chi connectivity index (χ0n) is 12.6. The van der Waals surface area contributed by atoms with Gasteiger partial charge in [0.25, 0.3) is 0 Å². The average Bonchev–Trinajstić information content (AvgIpc) is 2.54. The van der Waals surface area contributed by atoms with Gasteiger partial charge >= 0.3 is 0 Å². The fourth-order valence-electron chi connectivity index (χ4n) is 2.62. The van der Waals surface area contributed by atoms with Crippen molar-refractivity contribution in [2.45, 2.75) is 19.4 Å². The molecule has 110 valence electrons. The van der Waals surface area contributed by atoms with Crippen LogP contribution >= 0.6 is 0 Å². The van der Waals surface area contributed by atoms with Crippen molar-refractivity contribution in [2.75, 3.05) is 20.3 Å². The highest BCUT2D eigenvalue weighted by atomic mass is 16.6. The number of rotatable bonds is 4. The molecule has 3 heteroatoms. The predicted molar refractivity (Wildman–Crippen MR) is 84.1 cm³/mol. The van der Waals surface area contributed by atoms with Crippen LogP contribution in [0.4, 0.5) is 0 Å². The molecule has 1 atom stereocenters. The SMILES string of the molecule is CNC(Cc1ccc(C)cc1)c1ccc2c(c1)OCCO2. The van der Waals surface area contributed by atoms with E-state index in [1.54, 1.807) is 0 Å². The summed E-state index contributed by atoms with van der Waals surface area (Å²) in [5.74, 6) is 1.69. The number of fused-ring (bicyclic) bond motifs is 1. The number of ether oxygens (including phenoxy) is 2. The van der Waals surface area contributed by atoms with E-state index in [0.29, 0.717) is 13.2 Å². The minimum atomic E-state index is 0.267. The van der Waals surface area contributed by atoms with Gasteiger partial charge < -0.3 is 14.8 Å². The molecule has 0 saturated carbocycles. The van der Waals surface area contributed by atoms with Crippen molar-refractivity contribution in [1.29, 1.82) is 0 Å². The van der Waals surface area contributed by atoms with Gasteiger partial charge in [0.15, 0.2) is 11.5 Å². The van der Waals surface area contributed by atoms with Crippen LogP contribution in [0, 0.1) is 6.92 Å². The second-order valence-corrected chi connectivity index (χ2v) is 5.43. The van der Waals surface area contributed by atoms with E-state index in [9.17, 15) is 0 Å². The van der Waals surface area contributed by atoms with Crippen LogP contribution in [0.15, 0.2) is 42.5 Å². The standard InChI is InChI=1S/C18H21NO2/c1-13-3-5-14(6-4-13)11-16(19-2)15-7-8-17-18(12-15)21-10-9-20-17/h3-8,12,16,19H,9-11H2,1-2H3. The largest absolute Gasteiger partial charge is 0.486 e. The third kappa shape index (κ3) is 3.19. The van der Waals surface area contributed by atoms with E-state index < -0.39 is 0 Å². The zero-order chi connectivity index (χ0) is 14.7. The fraction of sp³-hybridized carbons (Fsp3) is 0.333. The minimum Gasteiger partial charge on any atom is -0.486 e. The summed E-state index contributed by atoms with van der Waals surface area (Å²) in [6.07, 6.45) is 0.955. The van der Waals surface area contributed by atoms with Gasteiger partial charge in [-0.2, -0.15) is 0 Å². The minimum absolute atomic E-state index is 0.267. The average molecular weight is 283 g/mol. The summed E-state index contributed by atoms with van der Waals surface area (Å²) in [4.78, 5) is 0. The van der Waals surface area contributed by atoms with Crippen LogP contribution < -0.4 is 14.8 Å². The highest BCUT2D eigenvalue weighted by Gasteiger charge is 2.16. The van der Waals surface area contributed by atoms with E-state index in [-0.39, 0.29) is 6.04 Å². The van der Waals surface area contributed by atoms with Crippen molar-refractivity contribution in [3.63, 3.8) is 0 Å². The molecule has 0 aromatic heterocycles. The van der Waals surface area contributed by atoms with Crippen LogP contribution in [-0.4, -0.2) is 20.3 Å². The lowest BCUT2D eigenvalue weighted by Crippen LogP contribution is -2.20. The molecule has 21 heavy (non-hydrogen) atoms. The maximum atomic E-state index is 5.67. The molecule has 0 bridgehead atoms. The summed E-state index contributed by atoms with van der Waals surface area (Å²) in [5, 5.41) is 3.39. The Morgan fingerprint density at radius 3 is 2.43 bits per heavy atom. The summed E-state index contributed by atoms with van der Waals surface area (Å²) in [6.45, 7) is 3.37. The first kappa shape index (κ1) is 14.0. The van der Waals surface area contributed by atoms with Crippen LogP contribution in [0.25, 0.3) is 0 Å². The van der Waals surface area contributed by atoms with Crippen LogP contribution in [0.1, 0.15) is 22.7 Å². The number of likely N-dealkylation sites (N-methyl/N-ethyl adjacent to an activating group) is 1. The van der Waals surface area contributed by atoms with E-state index in [0.717, 1.165) is 17.9 Å². The summed E-state index contributed by atoms with van der Waals surface area (Å²) in [5.41, 5.74) is 3.84. The number of aryl methyl sites for hydroxylation is 1. The third-order valence-electron chi connectivity index (χ3n) is 3.88. The van der Waals surface area contributed by atoms with E-state index >= 15 is 0 Å². The van der Waals surface area contributed by atoms with Gasteiger partial charge in [0.1, 0.15) is 13.2 Å². The van der Waals surface area contributed by atoms with Crippen LogP contribution in [-0.2, 0) is 6.42 Å². The van der Waals surface area contributed by atoms with E-state index in [1.807, 2.05) is 13.1 Å². The first-order valence-electron chi connectivity index (χ1n) is 7.38. The smallest absolute Gasteiger partial charge is 0.161 e. The van der Waals surface area contributed by atoms with Crippen LogP contribution in [0.2, 0.25) is 0 Å². The third-order valence-corrected chi connectivity index (χ3v) is 3.88. The second kappa shape index (κ2) is 6.19. The predicted octanol–water partition coefficient (Wildman–Crippen LogP) is 3.27. The fourth-order valence-corrected chi connectivity index (χ4v) is 2.62. The number of nitrogens with one attached hydrogen (secondary N) is 1. The summed E-state index contributed by atoms with van der Waals surface area (Å²) in [7, 11) is 2.00. The lowest BCUT2D eigenvalue weighted by atomic mass is 9.98. The Hall–Kier alpha value is -2.00. The second-order valence-electron chi connectivity index (χ2n) is 5.43. The summed E-state index contributed by atoms with van der Waals surface area (Å²) >= 11 is 0. The molecule has 2 aromatic carbocycles. The molecule has 3 rings (SSSR count). The van der Waals surface area contributed by atoms with Crippen molar-refractivity contribution < 1.29 is 9.47 Å². The summed E-state index contributed by atoms with van der Waals surface area (Å²) in [6, 6.07) is 15.2. The molecule has 2 aromatic rings. The van der Waals surface area contributed by atoms with Gasteiger partial charge in [0, 0.05) is 6.04 Å². The molecule has 3 nitrogen and oxygen atoms in total. The molecule has 0 fully saturated rings. The molecular formula is C18H21NO2. The maximum absolute atomic E-state index is 5.67. The highest BCUT2D eigenvalue weighted by molar-refractivity contribution is 5.45. The normalized spacial score (nSPS) is 14.8. The van der Waals surface area contributed by atoms with Gasteiger partial charge in [-0.3, -0.25) is 0 Å². The maximum Gasteiger partial charge on any atom is 0.161 e. The van der Waals surface area contributed by atoms with Crippen molar-refractivity contribution >= 4 is 0 Å². The lowest BCUT2D eigenvalue weighted by Gasteiger charge is -2.22. The molecule has 0 radical (unpaired) electrons. The number of hydrogen-bond acceptors (Lipinski definition) is 3. The molecule has 0 aliphatic carbocycles. The van der Waals surface area contributed by atoms with Crippen molar-refractivity contribution in [1.82, 2.24) is 5.32 Å². The summed E-state index contributed by atoms with van der Waals surface area (Å²) < 4.78 is 11.2. The Labute approximate surface area is 125 Å². The molecule has 1 aliphatic rings. The first-order valence-corrected chi connectivity index (χ1v) is 7.38. The Bertz CT molecular complexity index is 607. The van der Waals surface area contributed by atoms with E-state index in [2.05, 4.69) is 48.6 Å².